The van der Waals surface area contributed by atoms with Crippen molar-refractivity contribution in [1.82, 2.24) is 4.90 Å². The van der Waals surface area contributed by atoms with E-state index in [2.05, 4.69) is 19.1 Å². The topological polar surface area (TPSA) is 29.5 Å². The number of nitrogens with zero attached hydrogens (tertiary/aromatic N) is 1. The van der Waals surface area contributed by atoms with Crippen molar-refractivity contribution in [3.8, 4) is 5.75 Å². The van der Waals surface area contributed by atoms with Gasteiger partial charge < -0.3 is 9.64 Å². The highest BCUT2D eigenvalue weighted by molar-refractivity contribution is 5.81. The molecular formula is C17H25NO2. The van der Waals surface area contributed by atoms with Crippen molar-refractivity contribution in [3.05, 3.63) is 29.8 Å². The summed E-state index contributed by atoms with van der Waals surface area (Å²) in [5, 5.41) is 0. The maximum absolute atomic E-state index is 12.5. The molecule has 20 heavy (non-hydrogen) atoms. The first-order valence-electron chi connectivity index (χ1n) is 7.79. The quantitative estimate of drug-likeness (QED) is 0.824. The van der Waals surface area contributed by atoms with Gasteiger partial charge in [-0.05, 0) is 49.8 Å². The number of aryl methyl sites for hydroxylation is 1. The minimum absolute atomic E-state index is 0.145. The number of amides is 1. The van der Waals surface area contributed by atoms with Gasteiger partial charge >= 0.3 is 0 Å². The Morgan fingerprint density at radius 3 is 2.35 bits per heavy atom. The van der Waals surface area contributed by atoms with E-state index in [-0.39, 0.29) is 12.0 Å². The molecule has 0 radical (unpaired) electrons. The van der Waals surface area contributed by atoms with Gasteiger partial charge in [0.25, 0.3) is 5.91 Å². The molecule has 1 aromatic rings. The molecule has 110 valence electrons. The van der Waals surface area contributed by atoms with E-state index in [1.54, 1.807) is 0 Å². The third kappa shape index (κ3) is 3.75. The van der Waals surface area contributed by atoms with Gasteiger partial charge in [0.05, 0.1) is 0 Å². The molecular weight excluding hydrogens is 250 g/mol. The third-order valence-corrected chi connectivity index (χ3v) is 3.92. The van der Waals surface area contributed by atoms with E-state index in [1.807, 2.05) is 24.0 Å². The average Bonchev–Trinajstić information content (AvgIpc) is 2.53. The minimum Gasteiger partial charge on any atom is -0.481 e. The molecule has 3 nitrogen and oxygen atoms in total. The Kier molecular flexibility index (Phi) is 5.45. The summed E-state index contributed by atoms with van der Waals surface area (Å²) in [5.74, 6) is 0.936. The zero-order chi connectivity index (χ0) is 14.4. The zero-order valence-electron chi connectivity index (χ0n) is 12.6. The Balaban J connectivity index is 1.97. The standard InChI is InChI=1S/C17H25NO2/c1-3-14-8-10-15(11-9-14)20-16(4-2)17(19)18-12-6-5-7-13-18/h8-11,16H,3-7,12-13H2,1-2H3. The Hall–Kier alpha value is -1.51. The summed E-state index contributed by atoms with van der Waals surface area (Å²) in [6.07, 6.45) is 4.86. The van der Waals surface area contributed by atoms with E-state index in [4.69, 9.17) is 4.74 Å². The van der Waals surface area contributed by atoms with E-state index >= 15 is 0 Å². The third-order valence-electron chi connectivity index (χ3n) is 3.92. The van der Waals surface area contributed by atoms with Crippen LogP contribution in [0.15, 0.2) is 24.3 Å². The number of benzene rings is 1. The summed E-state index contributed by atoms with van der Waals surface area (Å²) in [7, 11) is 0. The second-order valence-corrected chi connectivity index (χ2v) is 5.40. The Morgan fingerprint density at radius 2 is 1.80 bits per heavy atom. The molecule has 0 aromatic heterocycles. The summed E-state index contributed by atoms with van der Waals surface area (Å²) >= 11 is 0. The molecule has 0 N–H and O–H groups in total. The van der Waals surface area contributed by atoms with Gasteiger partial charge in [-0.2, -0.15) is 0 Å². The summed E-state index contributed by atoms with van der Waals surface area (Å²) < 4.78 is 5.89. The molecule has 1 aliphatic rings. The summed E-state index contributed by atoms with van der Waals surface area (Å²) in [5.41, 5.74) is 1.28. The lowest BCUT2D eigenvalue weighted by Crippen LogP contribution is -2.44. The number of carbonyl (C=O) groups excluding carboxylic acids is 1. The van der Waals surface area contributed by atoms with Crippen molar-refractivity contribution in [2.75, 3.05) is 13.1 Å². The van der Waals surface area contributed by atoms with Gasteiger partial charge in [0.1, 0.15) is 5.75 Å². The molecule has 3 heteroatoms. The van der Waals surface area contributed by atoms with Crippen LogP contribution in [-0.4, -0.2) is 30.0 Å². The first kappa shape index (κ1) is 14.9. The predicted octanol–water partition coefficient (Wildman–Crippen LogP) is 3.42. The van der Waals surface area contributed by atoms with Crippen LogP contribution in [0.3, 0.4) is 0 Å². The molecule has 1 amide bonds. The first-order chi connectivity index (χ1) is 9.74. The van der Waals surface area contributed by atoms with Crippen molar-refractivity contribution in [2.45, 2.75) is 52.1 Å². The smallest absolute Gasteiger partial charge is 0.263 e. The largest absolute Gasteiger partial charge is 0.481 e. The molecule has 0 bridgehead atoms. The Morgan fingerprint density at radius 1 is 1.15 bits per heavy atom. The lowest BCUT2D eigenvalue weighted by molar-refractivity contribution is -0.139. The fraction of sp³-hybridized carbons (Fsp3) is 0.588. The van der Waals surface area contributed by atoms with E-state index in [0.29, 0.717) is 6.42 Å². The van der Waals surface area contributed by atoms with Gasteiger partial charge in [-0.15, -0.1) is 0 Å². The molecule has 1 heterocycles. The highest BCUT2D eigenvalue weighted by atomic mass is 16.5. The fourth-order valence-corrected chi connectivity index (χ4v) is 2.59. The molecule has 2 rings (SSSR count). The van der Waals surface area contributed by atoms with Crippen molar-refractivity contribution >= 4 is 5.91 Å². The van der Waals surface area contributed by atoms with Crippen LogP contribution < -0.4 is 4.74 Å². The van der Waals surface area contributed by atoms with E-state index < -0.39 is 0 Å². The second kappa shape index (κ2) is 7.32. The van der Waals surface area contributed by atoms with Crippen LogP contribution in [0, 0.1) is 0 Å². The van der Waals surface area contributed by atoms with Crippen LogP contribution in [-0.2, 0) is 11.2 Å². The van der Waals surface area contributed by atoms with Crippen LogP contribution in [0.1, 0.15) is 45.1 Å². The molecule has 0 saturated carbocycles. The molecule has 1 aromatic carbocycles. The number of rotatable bonds is 5. The monoisotopic (exact) mass is 275 g/mol. The molecule has 0 aliphatic carbocycles. The SMILES string of the molecule is CCc1ccc(OC(CC)C(=O)N2CCCCC2)cc1. The highest BCUT2D eigenvalue weighted by Crippen LogP contribution is 2.18. The fourth-order valence-electron chi connectivity index (χ4n) is 2.59. The van der Waals surface area contributed by atoms with Gasteiger partial charge in [-0.3, -0.25) is 4.79 Å². The van der Waals surface area contributed by atoms with Gasteiger partial charge in [0.2, 0.25) is 0 Å². The van der Waals surface area contributed by atoms with Crippen LogP contribution in [0.5, 0.6) is 5.75 Å². The van der Waals surface area contributed by atoms with Crippen LogP contribution >= 0.6 is 0 Å². The number of piperidine rings is 1. The van der Waals surface area contributed by atoms with Crippen molar-refractivity contribution in [3.63, 3.8) is 0 Å². The molecule has 1 unspecified atom stereocenters. The molecule has 1 fully saturated rings. The summed E-state index contributed by atoms with van der Waals surface area (Å²) in [6, 6.07) is 8.05. The van der Waals surface area contributed by atoms with Crippen LogP contribution in [0.2, 0.25) is 0 Å². The van der Waals surface area contributed by atoms with E-state index in [0.717, 1.165) is 38.1 Å². The first-order valence-corrected chi connectivity index (χ1v) is 7.79. The van der Waals surface area contributed by atoms with E-state index in [1.165, 1.54) is 12.0 Å². The van der Waals surface area contributed by atoms with Crippen molar-refractivity contribution in [1.29, 1.82) is 0 Å². The summed E-state index contributed by atoms with van der Waals surface area (Å²) in [6.45, 7) is 5.90. The van der Waals surface area contributed by atoms with Gasteiger partial charge in [-0.25, -0.2) is 0 Å². The Labute approximate surface area is 121 Å². The maximum Gasteiger partial charge on any atom is 0.263 e. The van der Waals surface area contributed by atoms with Gasteiger partial charge in [0.15, 0.2) is 6.10 Å². The molecule has 1 atom stereocenters. The number of carbonyl (C=O) groups is 1. The number of ether oxygens (including phenoxy) is 1. The van der Waals surface area contributed by atoms with Crippen LogP contribution in [0.4, 0.5) is 0 Å². The Bertz CT molecular complexity index is 421. The molecule has 1 saturated heterocycles. The normalized spacial score (nSPS) is 16.8. The van der Waals surface area contributed by atoms with Gasteiger partial charge in [0, 0.05) is 13.1 Å². The van der Waals surface area contributed by atoms with Gasteiger partial charge in [-0.1, -0.05) is 26.0 Å². The van der Waals surface area contributed by atoms with Crippen molar-refractivity contribution < 1.29 is 9.53 Å². The maximum atomic E-state index is 12.5. The average molecular weight is 275 g/mol. The van der Waals surface area contributed by atoms with Crippen molar-refractivity contribution in [2.24, 2.45) is 0 Å². The number of likely N-dealkylation sites (tertiary alicyclic amines) is 1. The minimum atomic E-state index is -0.347. The summed E-state index contributed by atoms with van der Waals surface area (Å²) in [4.78, 5) is 14.4. The molecule has 0 spiro atoms. The number of hydrogen-bond donors (Lipinski definition) is 0. The highest BCUT2D eigenvalue weighted by Gasteiger charge is 2.25. The van der Waals surface area contributed by atoms with E-state index in [9.17, 15) is 4.79 Å². The van der Waals surface area contributed by atoms with Crippen LogP contribution in [0.25, 0.3) is 0 Å². The zero-order valence-corrected chi connectivity index (χ0v) is 12.6. The predicted molar refractivity (Wildman–Crippen MR) is 81.0 cm³/mol. The lowest BCUT2D eigenvalue weighted by Gasteiger charge is -2.30. The second-order valence-electron chi connectivity index (χ2n) is 5.40. The number of hydrogen-bond acceptors (Lipinski definition) is 2. The lowest BCUT2D eigenvalue weighted by atomic mass is 10.1. The molecule has 1 aliphatic heterocycles.